The summed E-state index contributed by atoms with van der Waals surface area (Å²) in [5.74, 6) is -0.230. The van der Waals surface area contributed by atoms with E-state index < -0.39 is 23.8 Å². The Morgan fingerprint density at radius 1 is 1.19 bits per heavy atom. The SMILES string of the molecule is CC(=O)Nc1ccccc1N1C(=O)NC(=O)C2(O)N=CN(C3CC4CCC(C3)N4Cc3ncc[nH]3)C12. The first kappa shape index (κ1) is 22.7. The number of imide groups is 1. The van der Waals surface area contributed by atoms with E-state index in [2.05, 4.69) is 30.5 Å². The number of carbonyl (C=O) groups excluding carboxylic acids is 3. The fourth-order valence-electron chi connectivity index (χ4n) is 6.16. The molecule has 1 aromatic heterocycles. The summed E-state index contributed by atoms with van der Waals surface area (Å²) >= 11 is 0. The Hall–Kier alpha value is -3.77. The van der Waals surface area contributed by atoms with Gasteiger partial charge < -0.3 is 20.3 Å². The molecule has 3 fully saturated rings. The quantitative estimate of drug-likeness (QED) is 0.487. The minimum Gasteiger partial charge on any atom is -0.359 e. The van der Waals surface area contributed by atoms with Crippen LogP contribution in [0.2, 0.25) is 0 Å². The summed E-state index contributed by atoms with van der Waals surface area (Å²) in [6, 6.07) is 6.73. The van der Waals surface area contributed by atoms with Gasteiger partial charge in [-0.3, -0.25) is 24.7 Å². The second-order valence-electron chi connectivity index (χ2n) is 9.84. The molecule has 5 heterocycles. The maximum absolute atomic E-state index is 13.2. The number of amides is 4. The molecular formula is C24H28N8O4. The molecular weight excluding hydrogens is 464 g/mol. The van der Waals surface area contributed by atoms with Crippen LogP contribution in [0.5, 0.6) is 0 Å². The molecule has 188 valence electrons. The van der Waals surface area contributed by atoms with Crippen LogP contribution in [0.15, 0.2) is 41.7 Å². The fourth-order valence-corrected chi connectivity index (χ4v) is 6.16. The lowest BCUT2D eigenvalue weighted by atomic mass is 9.94. The molecule has 2 aromatic rings. The molecule has 12 nitrogen and oxygen atoms in total. The van der Waals surface area contributed by atoms with E-state index in [1.165, 1.54) is 18.2 Å². The number of rotatable bonds is 5. The largest absolute Gasteiger partial charge is 0.359 e. The zero-order chi connectivity index (χ0) is 25.0. The van der Waals surface area contributed by atoms with E-state index in [-0.39, 0.29) is 11.9 Å². The van der Waals surface area contributed by atoms with E-state index >= 15 is 0 Å². The van der Waals surface area contributed by atoms with Crippen LogP contribution in [0.25, 0.3) is 0 Å². The van der Waals surface area contributed by atoms with Crippen molar-refractivity contribution in [3.8, 4) is 0 Å². The van der Waals surface area contributed by atoms with Gasteiger partial charge in [0, 0.05) is 37.4 Å². The molecule has 4 unspecified atom stereocenters. The number of para-hydroxylation sites is 2. The molecule has 0 spiro atoms. The number of hydrogen-bond acceptors (Lipinski definition) is 8. The number of piperidine rings is 1. The Morgan fingerprint density at radius 2 is 1.94 bits per heavy atom. The summed E-state index contributed by atoms with van der Waals surface area (Å²) < 4.78 is 0. The molecule has 4 N–H and O–H groups in total. The monoisotopic (exact) mass is 492 g/mol. The smallest absolute Gasteiger partial charge is 0.330 e. The fraction of sp³-hybridized carbons (Fsp3) is 0.458. The summed E-state index contributed by atoms with van der Waals surface area (Å²) in [7, 11) is 0. The molecule has 4 atom stereocenters. The predicted octanol–water partition coefficient (Wildman–Crippen LogP) is 0.978. The van der Waals surface area contributed by atoms with Crippen LogP contribution in [0.4, 0.5) is 16.2 Å². The lowest BCUT2D eigenvalue weighted by Gasteiger charge is -2.49. The van der Waals surface area contributed by atoms with E-state index in [1.54, 1.807) is 30.5 Å². The molecule has 1 aromatic carbocycles. The van der Waals surface area contributed by atoms with Gasteiger partial charge in [0.25, 0.3) is 11.6 Å². The van der Waals surface area contributed by atoms with Crippen LogP contribution in [0, 0.1) is 0 Å². The molecule has 4 aliphatic rings. The highest BCUT2D eigenvalue weighted by atomic mass is 16.3. The number of fused-ring (bicyclic) bond motifs is 3. The topological polar surface area (TPSA) is 146 Å². The number of hydrogen-bond donors (Lipinski definition) is 4. The Labute approximate surface area is 207 Å². The number of H-pyrrole nitrogens is 1. The lowest BCUT2D eigenvalue weighted by molar-refractivity contribution is -0.144. The first-order valence-electron chi connectivity index (χ1n) is 12.2. The van der Waals surface area contributed by atoms with Crippen molar-refractivity contribution in [1.29, 1.82) is 0 Å². The van der Waals surface area contributed by atoms with Crippen molar-refractivity contribution >= 4 is 35.6 Å². The number of nitrogens with zero attached hydrogens (tertiary/aromatic N) is 5. The number of urea groups is 1. The van der Waals surface area contributed by atoms with Crippen molar-refractivity contribution in [2.24, 2.45) is 4.99 Å². The molecule has 0 aliphatic carbocycles. The average Bonchev–Trinajstić information content (AvgIpc) is 3.53. The Kier molecular flexibility index (Phi) is 5.30. The van der Waals surface area contributed by atoms with E-state index in [0.29, 0.717) is 23.5 Å². The Bertz CT molecular complexity index is 1220. The third-order valence-corrected chi connectivity index (χ3v) is 7.69. The van der Waals surface area contributed by atoms with Crippen LogP contribution in [0.3, 0.4) is 0 Å². The molecule has 36 heavy (non-hydrogen) atoms. The molecule has 6 rings (SSSR count). The summed E-state index contributed by atoms with van der Waals surface area (Å²) in [5, 5.41) is 16.4. The van der Waals surface area contributed by atoms with E-state index in [9.17, 15) is 19.5 Å². The highest BCUT2D eigenvalue weighted by Crippen LogP contribution is 2.43. The standard InChI is InChI=1S/C24H28N8O4/c1-14(33)28-18-4-2-3-5-19(18)32-22-24(36,21(34)29-23(32)35)27-13-31(22)17-10-15-6-7-16(11-17)30(15)12-20-25-8-9-26-20/h2-5,8-9,13,15-17,22,36H,6-7,10-12H2,1H3,(H,25,26)(H,28,33)(H,29,34,35). The van der Waals surface area contributed by atoms with Crippen LogP contribution >= 0.6 is 0 Å². The lowest BCUT2D eigenvalue weighted by Crippen LogP contribution is -2.73. The number of nitrogens with one attached hydrogen (secondary N) is 3. The first-order valence-corrected chi connectivity index (χ1v) is 12.2. The van der Waals surface area contributed by atoms with Gasteiger partial charge in [-0.05, 0) is 37.8 Å². The number of aromatic nitrogens is 2. The van der Waals surface area contributed by atoms with Gasteiger partial charge in [0.1, 0.15) is 5.82 Å². The van der Waals surface area contributed by atoms with Crippen LogP contribution in [0.1, 0.15) is 38.4 Å². The van der Waals surface area contributed by atoms with Gasteiger partial charge in [0.05, 0.1) is 24.3 Å². The highest BCUT2D eigenvalue weighted by molar-refractivity contribution is 6.12. The molecule has 4 aliphatic heterocycles. The molecule has 0 radical (unpaired) electrons. The number of imidazole rings is 1. The number of benzene rings is 1. The third kappa shape index (κ3) is 3.56. The molecule has 12 heteroatoms. The second-order valence-corrected chi connectivity index (χ2v) is 9.84. The van der Waals surface area contributed by atoms with Gasteiger partial charge in [-0.25, -0.2) is 14.8 Å². The number of aliphatic hydroxyl groups is 1. The van der Waals surface area contributed by atoms with Crippen molar-refractivity contribution in [3.05, 3.63) is 42.5 Å². The zero-order valence-corrected chi connectivity index (χ0v) is 19.8. The summed E-state index contributed by atoms with van der Waals surface area (Å²) in [6.45, 7) is 2.12. The van der Waals surface area contributed by atoms with Crippen molar-refractivity contribution < 1.29 is 19.5 Å². The minimum absolute atomic E-state index is 0.0349. The number of anilines is 2. The van der Waals surface area contributed by atoms with Gasteiger partial charge in [0.2, 0.25) is 5.91 Å². The van der Waals surface area contributed by atoms with Crippen molar-refractivity contribution in [2.75, 3.05) is 10.2 Å². The predicted molar refractivity (Wildman–Crippen MR) is 130 cm³/mol. The van der Waals surface area contributed by atoms with E-state index in [4.69, 9.17) is 0 Å². The summed E-state index contributed by atoms with van der Waals surface area (Å²) in [5.41, 5.74) is -1.39. The van der Waals surface area contributed by atoms with Crippen LogP contribution in [-0.4, -0.2) is 79.1 Å². The maximum atomic E-state index is 13.2. The summed E-state index contributed by atoms with van der Waals surface area (Å²) in [6.07, 6.45) is 7.71. The van der Waals surface area contributed by atoms with E-state index in [1.807, 2.05) is 11.1 Å². The van der Waals surface area contributed by atoms with Crippen molar-refractivity contribution in [2.45, 2.75) is 69.2 Å². The number of aliphatic imine (C=N–C) groups is 1. The van der Waals surface area contributed by atoms with Gasteiger partial charge >= 0.3 is 6.03 Å². The van der Waals surface area contributed by atoms with Gasteiger partial charge in [0.15, 0.2) is 6.17 Å². The van der Waals surface area contributed by atoms with Crippen LogP contribution in [-0.2, 0) is 16.1 Å². The minimum atomic E-state index is -2.17. The highest BCUT2D eigenvalue weighted by Gasteiger charge is 2.61. The van der Waals surface area contributed by atoms with Gasteiger partial charge in [-0.1, -0.05) is 12.1 Å². The van der Waals surface area contributed by atoms with Gasteiger partial charge in [-0.15, -0.1) is 0 Å². The van der Waals surface area contributed by atoms with E-state index in [0.717, 1.165) is 38.1 Å². The van der Waals surface area contributed by atoms with Crippen LogP contribution < -0.4 is 15.5 Å². The maximum Gasteiger partial charge on any atom is 0.330 e. The Balaban J connectivity index is 1.32. The Morgan fingerprint density at radius 3 is 2.64 bits per heavy atom. The second kappa shape index (κ2) is 8.42. The molecule has 4 amide bonds. The first-order chi connectivity index (χ1) is 17.3. The molecule has 2 bridgehead atoms. The molecule has 3 saturated heterocycles. The average molecular weight is 493 g/mol. The zero-order valence-electron chi connectivity index (χ0n) is 19.8. The normalized spacial score (nSPS) is 31.5. The molecule has 0 saturated carbocycles. The third-order valence-electron chi connectivity index (χ3n) is 7.69. The number of aromatic amines is 1. The van der Waals surface area contributed by atoms with Crippen molar-refractivity contribution in [1.82, 2.24) is 25.1 Å². The van der Waals surface area contributed by atoms with Gasteiger partial charge in [-0.2, -0.15) is 0 Å². The van der Waals surface area contributed by atoms with Crippen molar-refractivity contribution in [3.63, 3.8) is 0 Å². The number of carbonyl (C=O) groups is 3. The summed E-state index contributed by atoms with van der Waals surface area (Å²) in [4.78, 5) is 55.3.